The number of hydrogen-bond acceptors (Lipinski definition) is 5. The van der Waals surface area contributed by atoms with Crippen molar-refractivity contribution in [3.05, 3.63) is 58.2 Å². The standard InChI is InChI=1S/C22H20F2O5/c1-11-14(6-13-7-19(26-3)22(28-5)20(8-13)27-4)15-9-17(23)18(24)10-16(15)21(11)29-12(2)25/h6-10H,1-5H3. The first kappa shape index (κ1) is 20.4. The van der Waals surface area contributed by atoms with Crippen molar-refractivity contribution in [1.29, 1.82) is 0 Å². The summed E-state index contributed by atoms with van der Waals surface area (Å²) in [5, 5.41) is 0. The van der Waals surface area contributed by atoms with E-state index in [2.05, 4.69) is 0 Å². The van der Waals surface area contributed by atoms with Gasteiger partial charge in [0.15, 0.2) is 23.1 Å². The Labute approximate surface area is 167 Å². The molecule has 0 saturated carbocycles. The van der Waals surface area contributed by atoms with Crippen LogP contribution in [-0.2, 0) is 9.53 Å². The van der Waals surface area contributed by atoms with Gasteiger partial charge in [-0.25, -0.2) is 8.78 Å². The summed E-state index contributed by atoms with van der Waals surface area (Å²) in [4.78, 5) is 11.5. The molecule has 0 N–H and O–H groups in total. The smallest absolute Gasteiger partial charge is 0.308 e. The predicted octanol–water partition coefficient (Wildman–Crippen LogP) is 4.84. The van der Waals surface area contributed by atoms with E-state index in [1.54, 1.807) is 25.1 Å². The van der Waals surface area contributed by atoms with Crippen LogP contribution in [0.1, 0.15) is 30.5 Å². The van der Waals surface area contributed by atoms with Crippen molar-refractivity contribution >= 4 is 23.4 Å². The lowest BCUT2D eigenvalue weighted by molar-refractivity contribution is -0.134. The largest absolute Gasteiger partial charge is 0.493 e. The average molecular weight is 402 g/mol. The van der Waals surface area contributed by atoms with Crippen LogP contribution in [-0.4, -0.2) is 27.3 Å². The van der Waals surface area contributed by atoms with Gasteiger partial charge in [-0.05, 0) is 54.0 Å². The second-order valence-electron chi connectivity index (χ2n) is 6.38. The highest BCUT2D eigenvalue weighted by molar-refractivity contribution is 6.05. The molecule has 0 heterocycles. The zero-order chi connectivity index (χ0) is 21.3. The van der Waals surface area contributed by atoms with Gasteiger partial charge >= 0.3 is 5.97 Å². The van der Waals surface area contributed by atoms with Gasteiger partial charge in [-0.3, -0.25) is 4.79 Å². The number of rotatable bonds is 5. The first-order valence-corrected chi connectivity index (χ1v) is 8.71. The Morgan fingerprint density at radius 2 is 1.45 bits per heavy atom. The minimum absolute atomic E-state index is 0.199. The maximum atomic E-state index is 14.0. The zero-order valence-corrected chi connectivity index (χ0v) is 16.7. The third kappa shape index (κ3) is 3.68. The number of fused-ring (bicyclic) bond motifs is 1. The molecule has 0 radical (unpaired) electrons. The Kier molecular flexibility index (Phi) is 5.59. The van der Waals surface area contributed by atoms with Gasteiger partial charge in [-0.15, -0.1) is 0 Å². The highest BCUT2D eigenvalue weighted by Crippen LogP contribution is 2.45. The first-order chi connectivity index (χ1) is 13.8. The number of carbonyl (C=O) groups excluding carboxylic acids is 1. The zero-order valence-electron chi connectivity index (χ0n) is 16.7. The molecule has 0 unspecified atom stereocenters. The van der Waals surface area contributed by atoms with Gasteiger partial charge in [-0.2, -0.15) is 0 Å². The van der Waals surface area contributed by atoms with E-state index in [9.17, 15) is 13.6 Å². The highest BCUT2D eigenvalue weighted by atomic mass is 19.2. The van der Waals surface area contributed by atoms with Crippen molar-refractivity contribution in [2.75, 3.05) is 21.3 Å². The molecule has 2 aromatic carbocycles. The summed E-state index contributed by atoms with van der Waals surface area (Å²) in [6.45, 7) is 2.97. The van der Waals surface area contributed by atoms with Gasteiger partial charge in [0.1, 0.15) is 5.76 Å². The van der Waals surface area contributed by atoms with Crippen LogP contribution in [0.3, 0.4) is 0 Å². The fourth-order valence-corrected chi connectivity index (χ4v) is 3.30. The number of allylic oxidation sites excluding steroid dienone is 2. The summed E-state index contributed by atoms with van der Waals surface area (Å²) in [6.07, 6.45) is 1.76. The molecule has 0 bridgehead atoms. The summed E-state index contributed by atoms with van der Waals surface area (Å²) in [5.41, 5.74) is 2.58. The molecule has 29 heavy (non-hydrogen) atoms. The highest BCUT2D eigenvalue weighted by Gasteiger charge is 2.28. The number of esters is 1. The second kappa shape index (κ2) is 7.95. The Morgan fingerprint density at radius 3 is 1.93 bits per heavy atom. The Hall–Kier alpha value is -3.35. The van der Waals surface area contributed by atoms with Gasteiger partial charge < -0.3 is 18.9 Å². The van der Waals surface area contributed by atoms with E-state index < -0.39 is 17.6 Å². The van der Waals surface area contributed by atoms with Crippen molar-refractivity contribution in [2.45, 2.75) is 13.8 Å². The molecule has 2 aromatic rings. The van der Waals surface area contributed by atoms with Crippen molar-refractivity contribution in [3.8, 4) is 17.2 Å². The fourth-order valence-electron chi connectivity index (χ4n) is 3.30. The molecule has 5 nitrogen and oxygen atoms in total. The molecule has 1 aliphatic carbocycles. The quantitative estimate of drug-likeness (QED) is 0.670. The van der Waals surface area contributed by atoms with Crippen molar-refractivity contribution in [3.63, 3.8) is 0 Å². The van der Waals surface area contributed by atoms with E-state index in [4.69, 9.17) is 18.9 Å². The maximum Gasteiger partial charge on any atom is 0.308 e. The van der Waals surface area contributed by atoms with Crippen LogP contribution in [0.2, 0.25) is 0 Å². The molecular weight excluding hydrogens is 382 g/mol. The molecule has 0 saturated heterocycles. The van der Waals surface area contributed by atoms with Gasteiger partial charge in [0.2, 0.25) is 5.75 Å². The van der Waals surface area contributed by atoms with Crippen LogP contribution >= 0.6 is 0 Å². The molecule has 152 valence electrons. The Bertz CT molecular complexity index is 1030. The van der Waals surface area contributed by atoms with Crippen molar-refractivity contribution < 1.29 is 32.5 Å². The number of carbonyl (C=O) groups is 1. The van der Waals surface area contributed by atoms with Crippen molar-refractivity contribution in [2.24, 2.45) is 0 Å². The van der Waals surface area contributed by atoms with Crippen LogP contribution in [0, 0.1) is 11.6 Å². The normalized spacial score (nSPS) is 14.1. The molecule has 0 fully saturated rings. The van der Waals surface area contributed by atoms with Crippen LogP contribution in [0.5, 0.6) is 17.2 Å². The number of hydrogen-bond donors (Lipinski definition) is 0. The number of halogens is 2. The molecule has 0 aliphatic heterocycles. The minimum atomic E-state index is -1.02. The molecule has 0 spiro atoms. The molecule has 0 aromatic heterocycles. The first-order valence-electron chi connectivity index (χ1n) is 8.71. The van der Waals surface area contributed by atoms with Gasteiger partial charge in [0, 0.05) is 18.1 Å². The van der Waals surface area contributed by atoms with Crippen LogP contribution in [0.4, 0.5) is 8.78 Å². The summed E-state index contributed by atoms with van der Waals surface area (Å²) >= 11 is 0. The molecule has 0 amide bonds. The van der Waals surface area contributed by atoms with E-state index >= 15 is 0 Å². The van der Waals surface area contributed by atoms with Crippen LogP contribution in [0.25, 0.3) is 17.4 Å². The third-order valence-corrected chi connectivity index (χ3v) is 4.58. The van der Waals surface area contributed by atoms with Gasteiger partial charge in [0.05, 0.1) is 21.3 Å². The average Bonchev–Trinajstić information content (AvgIpc) is 2.92. The summed E-state index contributed by atoms with van der Waals surface area (Å²) in [7, 11) is 4.50. The Morgan fingerprint density at radius 1 is 0.897 bits per heavy atom. The topological polar surface area (TPSA) is 54.0 Å². The van der Waals surface area contributed by atoms with Crippen LogP contribution in [0.15, 0.2) is 29.8 Å². The van der Waals surface area contributed by atoms with Gasteiger partial charge in [0.25, 0.3) is 0 Å². The molecule has 1 aliphatic rings. The SMILES string of the molecule is COc1cc(C=C2C(C)=C(OC(C)=O)c3cc(F)c(F)cc32)cc(OC)c1OC. The third-order valence-electron chi connectivity index (χ3n) is 4.58. The summed E-state index contributed by atoms with van der Waals surface area (Å²) in [6, 6.07) is 5.58. The number of methoxy groups -OCH3 is 3. The summed E-state index contributed by atoms with van der Waals surface area (Å²) < 4.78 is 49.1. The molecule has 7 heteroatoms. The van der Waals surface area contributed by atoms with Crippen LogP contribution < -0.4 is 14.2 Å². The lowest BCUT2D eigenvalue weighted by Gasteiger charge is -2.13. The molecule has 3 rings (SSSR count). The van der Waals surface area contributed by atoms with E-state index in [0.717, 1.165) is 12.1 Å². The summed E-state index contributed by atoms with van der Waals surface area (Å²) in [5.74, 6) is -1.03. The van der Waals surface area contributed by atoms with Gasteiger partial charge in [-0.1, -0.05) is 0 Å². The minimum Gasteiger partial charge on any atom is -0.493 e. The maximum absolute atomic E-state index is 14.0. The molecule has 0 atom stereocenters. The van der Waals surface area contributed by atoms with E-state index in [0.29, 0.717) is 45.1 Å². The lowest BCUT2D eigenvalue weighted by atomic mass is 10.00. The van der Waals surface area contributed by atoms with E-state index in [1.807, 2.05) is 0 Å². The van der Waals surface area contributed by atoms with E-state index in [1.165, 1.54) is 28.3 Å². The predicted molar refractivity (Wildman–Crippen MR) is 105 cm³/mol. The Balaban J connectivity index is 2.23. The monoisotopic (exact) mass is 402 g/mol. The fraction of sp³-hybridized carbons (Fsp3) is 0.227. The second-order valence-corrected chi connectivity index (χ2v) is 6.38. The number of benzene rings is 2. The molecular formula is C22H20F2O5. The number of ether oxygens (including phenoxy) is 4. The van der Waals surface area contributed by atoms with Crippen molar-refractivity contribution in [1.82, 2.24) is 0 Å². The van der Waals surface area contributed by atoms with E-state index in [-0.39, 0.29) is 5.76 Å². The lowest BCUT2D eigenvalue weighted by Crippen LogP contribution is -1.99.